The lowest BCUT2D eigenvalue weighted by Crippen LogP contribution is -2.51. The number of benzene rings is 1. The molecule has 0 saturated carbocycles. The summed E-state index contributed by atoms with van der Waals surface area (Å²) < 4.78 is 3.09. The Hall–Kier alpha value is -2.84. The van der Waals surface area contributed by atoms with Crippen LogP contribution in [0.25, 0.3) is 11.0 Å². The normalized spacial score (nSPS) is 19.5. The number of aldehydes is 1. The summed E-state index contributed by atoms with van der Waals surface area (Å²) in [5.74, 6) is 0.0186. The molecule has 8 heteroatoms. The maximum Gasteiger partial charge on any atom is 0.264 e. The van der Waals surface area contributed by atoms with Crippen LogP contribution in [0.4, 0.5) is 0 Å². The van der Waals surface area contributed by atoms with Gasteiger partial charge in [-0.25, -0.2) is 4.98 Å². The SMILES string of the molecule is CC(c1ccccc1)C(C=O)CN1CCC(O)(C(C)n2cnc3c(cnn3C)c2=O)CC1. The lowest BCUT2D eigenvalue weighted by atomic mass is 9.83. The molecule has 0 bridgehead atoms. The predicted octanol–water partition coefficient (Wildman–Crippen LogP) is 2.14. The fourth-order valence-corrected chi connectivity index (χ4v) is 4.74. The van der Waals surface area contributed by atoms with Crippen LogP contribution in [-0.2, 0) is 11.8 Å². The van der Waals surface area contributed by atoms with Gasteiger partial charge in [0.1, 0.15) is 18.0 Å². The molecule has 1 aromatic carbocycles. The van der Waals surface area contributed by atoms with E-state index < -0.39 is 11.6 Å². The summed E-state index contributed by atoms with van der Waals surface area (Å²) in [5, 5.41) is 15.9. The highest BCUT2D eigenvalue weighted by atomic mass is 16.3. The van der Waals surface area contributed by atoms with Gasteiger partial charge < -0.3 is 14.8 Å². The molecule has 1 saturated heterocycles. The van der Waals surface area contributed by atoms with E-state index in [0.717, 1.165) is 11.8 Å². The first kappa shape index (κ1) is 22.4. The molecule has 4 rings (SSSR count). The molecule has 0 aliphatic carbocycles. The van der Waals surface area contributed by atoms with Crippen LogP contribution in [0.3, 0.4) is 0 Å². The number of hydrogen-bond donors (Lipinski definition) is 1. The number of nitrogens with zero attached hydrogens (tertiary/aromatic N) is 5. The molecule has 3 unspecified atom stereocenters. The molecule has 3 aromatic rings. The molecule has 170 valence electrons. The lowest BCUT2D eigenvalue weighted by molar-refractivity contribution is -0.113. The quantitative estimate of drug-likeness (QED) is 0.569. The van der Waals surface area contributed by atoms with Crippen molar-refractivity contribution < 1.29 is 9.90 Å². The first-order valence-electron chi connectivity index (χ1n) is 11.2. The fourth-order valence-electron chi connectivity index (χ4n) is 4.74. The van der Waals surface area contributed by atoms with Crippen molar-refractivity contribution in [3.8, 4) is 0 Å². The third kappa shape index (κ3) is 4.12. The molecule has 1 aliphatic heterocycles. The molecule has 2 aromatic heterocycles. The zero-order valence-electron chi connectivity index (χ0n) is 18.9. The van der Waals surface area contributed by atoms with E-state index in [-0.39, 0.29) is 17.4 Å². The second kappa shape index (κ2) is 8.96. The van der Waals surface area contributed by atoms with Crippen molar-refractivity contribution in [3.63, 3.8) is 0 Å². The molecule has 1 aliphatic rings. The second-order valence-corrected chi connectivity index (χ2v) is 9.04. The highest BCUT2D eigenvalue weighted by molar-refractivity contribution is 5.72. The van der Waals surface area contributed by atoms with Gasteiger partial charge in [0.2, 0.25) is 0 Å². The van der Waals surface area contributed by atoms with E-state index in [2.05, 4.69) is 34.0 Å². The number of aliphatic hydroxyl groups is 1. The predicted molar refractivity (Wildman–Crippen MR) is 123 cm³/mol. The van der Waals surface area contributed by atoms with E-state index in [1.807, 2.05) is 25.1 Å². The van der Waals surface area contributed by atoms with Crippen LogP contribution < -0.4 is 5.56 Å². The Balaban J connectivity index is 1.43. The summed E-state index contributed by atoms with van der Waals surface area (Å²) in [6.07, 6.45) is 5.13. The molecule has 8 nitrogen and oxygen atoms in total. The third-order valence-corrected chi connectivity index (χ3v) is 7.21. The molecule has 1 fully saturated rings. The number of hydrogen-bond acceptors (Lipinski definition) is 6. The van der Waals surface area contributed by atoms with E-state index in [9.17, 15) is 14.7 Å². The van der Waals surface area contributed by atoms with Crippen molar-refractivity contribution in [1.29, 1.82) is 0 Å². The summed E-state index contributed by atoms with van der Waals surface area (Å²) >= 11 is 0. The summed E-state index contributed by atoms with van der Waals surface area (Å²) in [6, 6.07) is 9.67. The minimum Gasteiger partial charge on any atom is -0.388 e. The van der Waals surface area contributed by atoms with E-state index in [1.54, 1.807) is 11.7 Å². The van der Waals surface area contributed by atoms with Crippen molar-refractivity contribution >= 4 is 17.3 Å². The molecule has 0 spiro atoms. The van der Waals surface area contributed by atoms with Crippen molar-refractivity contribution in [1.82, 2.24) is 24.2 Å². The maximum atomic E-state index is 12.9. The average Bonchev–Trinajstić information content (AvgIpc) is 3.20. The number of aromatic nitrogens is 4. The maximum absolute atomic E-state index is 12.9. The molecule has 32 heavy (non-hydrogen) atoms. The Morgan fingerprint density at radius 3 is 2.53 bits per heavy atom. The highest BCUT2D eigenvalue weighted by Crippen LogP contribution is 2.33. The van der Waals surface area contributed by atoms with E-state index in [4.69, 9.17) is 0 Å². The molecule has 3 heterocycles. The monoisotopic (exact) mass is 437 g/mol. The van der Waals surface area contributed by atoms with Gasteiger partial charge in [-0.05, 0) is 31.2 Å². The van der Waals surface area contributed by atoms with Crippen molar-refractivity contribution in [2.75, 3.05) is 19.6 Å². The van der Waals surface area contributed by atoms with Gasteiger partial charge in [-0.15, -0.1) is 0 Å². The number of fused-ring (bicyclic) bond motifs is 1. The first-order valence-corrected chi connectivity index (χ1v) is 11.2. The van der Waals surface area contributed by atoms with Gasteiger partial charge in [-0.1, -0.05) is 37.3 Å². The molecule has 0 amide bonds. The number of aryl methyl sites for hydroxylation is 1. The summed E-state index contributed by atoms with van der Waals surface area (Å²) in [7, 11) is 1.75. The van der Waals surface area contributed by atoms with Gasteiger partial charge in [0.15, 0.2) is 5.65 Å². The zero-order valence-corrected chi connectivity index (χ0v) is 18.9. The Morgan fingerprint density at radius 2 is 1.88 bits per heavy atom. The smallest absolute Gasteiger partial charge is 0.264 e. The van der Waals surface area contributed by atoms with Crippen LogP contribution in [0.1, 0.15) is 44.2 Å². The van der Waals surface area contributed by atoms with Crippen LogP contribution in [-0.4, -0.2) is 60.9 Å². The molecule has 3 atom stereocenters. The van der Waals surface area contributed by atoms with Crippen LogP contribution in [0.15, 0.2) is 47.7 Å². The van der Waals surface area contributed by atoms with Crippen LogP contribution in [0, 0.1) is 5.92 Å². The number of piperidine rings is 1. The lowest BCUT2D eigenvalue weighted by Gasteiger charge is -2.43. The standard InChI is InChI=1S/C24H31N5O3/c1-17(19-7-5-4-6-8-19)20(15-30)14-28-11-9-24(32,10-12-28)18(2)29-16-25-22-21(23(29)31)13-26-27(22)3/h4-8,13,15-18,20,32H,9-12,14H2,1-3H3. The zero-order chi connectivity index (χ0) is 22.9. The van der Waals surface area contributed by atoms with E-state index in [0.29, 0.717) is 43.5 Å². The fraction of sp³-hybridized carbons (Fsp3) is 0.500. The van der Waals surface area contributed by atoms with Crippen LogP contribution in [0.5, 0.6) is 0 Å². The number of rotatable bonds is 7. The topological polar surface area (TPSA) is 93.2 Å². The Kier molecular flexibility index (Phi) is 6.26. The number of likely N-dealkylation sites (tertiary alicyclic amines) is 1. The van der Waals surface area contributed by atoms with Gasteiger partial charge in [-0.3, -0.25) is 14.0 Å². The summed E-state index contributed by atoms with van der Waals surface area (Å²) in [6.45, 7) is 5.96. The summed E-state index contributed by atoms with van der Waals surface area (Å²) in [5.41, 5.74) is 0.487. The average molecular weight is 438 g/mol. The van der Waals surface area contributed by atoms with Gasteiger partial charge in [0.25, 0.3) is 5.56 Å². The van der Waals surface area contributed by atoms with Crippen molar-refractivity contribution in [2.45, 2.75) is 44.2 Å². The van der Waals surface area contributed by atoms with Gasteiger partial charge in [-0.2, -0.15) is 5.10 Å². The van der Waals surface area contributed by atoms with Crippen molar-refractivity contribution in [2.24, 2.45) is 13.0 Å². The van der Waals surface area contributed by atoms with E-state index in [1.165, 1.54) is 17.1 Å². The first-order chi connectivity index (χ1) is 15.3. The Bertz CT molecular complexity index is 1130. The van der Waals surface area contributed by atoms with Crippen LogP contribution >= 0.6 is 0 Å². The molecule has 0 radical (unpaired) electrons. The molecular weight excluding hydrogens is 406 g/mol. The second-order valence-electron chi connectivity index (χ2n) is 9.04. The van der Waals surface area contributed by atoms with Gasteiger partial charge in [0.05, 0.1) is 17.8 Å². The minimum absolute atomic E-state index is 0.110. The number of carbonyl (C=O) groups excluding carboxylic acids is 1. The van der Waals surface area contributed by atoms with Gasteiger partial charge >= 0.3 is 0 Å². The molecule has 1 N–H and O–H groups in total. The Labute approximate surface area is 187 Å². The summed E-state index contributed by atoms with van der Waals surface area (Å²) in [4.78, 5) is 31.4. The van der Waals surface area contributed by atoms with Crippen molar-refractivity contribution in [3.05, 3.63) is 58.8 Å². The highest BCUT2D eigenvalue weighted by Gasteiger charge is 2.39. The minimum atomic E-state index is -1.01. The van der Waals surface area contributed by atoms with Gasteiger partial charge in [0, 0.05) is 32.6 Å². The Morgan fingerprint density at radius 1 is 1.19 bits per heavy atom. The molecular formula is C24H31N5O3. The third-order valence-electron chi connectivity index (χ3n) is 7.21. The number of carbonyl (C=O) groups is 1. The van der Waals surface area contributed by atoms with E-state index >= 15 is 0 Å². The largest absolute Gasteiger partial charge is 0.388 e. The van der Waals surface area contributed by atoms with Crippen LogP contribution in [0.2, 0.25) is 0 Å².